The van der Waals surface area contributed by atoms with E-state index in [-0.39, 0.29) is 25.7 Å². The van der Waals surface area contributed by atoms with Crippen LogP contribution >= 0.6 is 0 Å². The number of fused-ring (bicyclic) bond motifs is 1. The monoisotopic (exact) mass is 339 g/mol. The number of ether oxygens (including phenoxy) is 1. The SMILES string of the molecule is O=C(Cn1c(COc2ccccc2)nc2ccccc21)NCCCO. The fraction of sp³-hybridized carbons (Fsp3) is 0.263. The fourth-order valence-corrected chi connectivity index (χ4v) is 2.58. The minimum Gasteiger partial charge on any atom is -0.486 e. The summed E-state index contributed by atoms with van der Waals surface area (Å²) in [5.74, 6) is 1.34. The Morgan fingerprint density at radius 3 is 2.68 bits per heavy atom. The highest BCUT2D eigenvalue weighted by Crippen LogP contribution is 2.18. The molecule has 130 valence electrons. The summed E-state index contributed by atoms with van der Waals surface area (Å²) in [4.78, 5) is 16.8. The second kappa shape index (κ2) is 8.30. The van der Waals surface area contributed by atoms with Gasteiger partial charge in [-0.1, -0.05) is 30.3 Å². The Bertz CT molecular complexity index is 830. The molecule has 0 aliphatic rings. The third-order valence-electron chi connectivity index (χ3n) is 3.80. The van der Waals surface area contributed by atoms with Crippen LogP contribution in [0.15, 0.2) is 54.6 Å². The van der Waals surface area contributed by atoms with Crippen LogP contribution in [0.3, 0.4) is 0 Å². The second-order valence-electron chi connectivity index (χ2n) is 5.63. The van der Waals surface area contributed by atoms with Crippen molar-refractivity contribution in [3.8, 4) is 5.75 Å². The lowest BCUT2D eigenvalue weighted by Gasteiger charge is -2.11. The summed E-state index contributed by atoms with van der Waals surface area (Å²) in [7, 11) is 0. The average molecular weight is 339 g/mol. The number of aromatic nitrogens is 2. The van der Waals surface area contributed by atoms with E-state index in [4.69, 9.17) is 9.84 Å². The average Bonchev–Trinajstić information content (AvgIpc) is 2.99. The molecule has 2 aromatic carbocycles. The van der Waals surface area contributed by atoms with E-state index in [0.29, 0.717) is 18.8 Å². The molecule has 25 heavy (non-hydrogen) atoms. The van der Waals surface area contributed by atoms with Crippen LogP contribution in [0.25, 0.3) is 11.0 Å². The Morgan fingerprint density at radius 1 is 1.12 bits per heavy atom. The number of rotatable bonds is 8. The highest BCUT2D eigenvalue weighted by atomic mass is 16.5. The van der Waals surface area contributed by atoms with E-state index in [1.807, 2.05) is 59.2 Å². The maximum absolute atomic E-state index is 12.2. The topological polar surface area (TPSA) is 76.4 Å². The lowest BCUT2D eigenvalue weighted by Crippen LogP contribution is -2.29. The molecule has 0 bridgehead atoms. The number of hydrogen-bond donors (Lipinski definition) is 2. The zero-order valence-corrected chi connectivity index (χ0v) is 13.9. The summed E-state index contributed by atoms with van der Waals surface area (Å²) in [6.07, 6.45) is 0.542. The van der Waals surface area contributed by atoms with E-state index in [2.05, 4.69) is 10.3 Å². The first-order valence-corrected chi connectivity index (χ1v) is 8.27. The van der Waals surface area contributed by atoms with Gasteiger partial charge >= 0.3 is 0 Å². The van der Waals surface area contributed by atoms with Crippen LogP contribution in [0.1, 0.15) is 12.2 Å². The highest BCUT2D eigenvalue weighted by molar-refractivity contribution is 5.81. The van der Waals surface area contributed by atoms with Gasteiger partial charge in [0.2, 0.25) is 5.91 Å². The number of nitrogens with zero attached hydrogens (tertiary/aromatic N) is 2. The molecule has 0 atom stereocenters. The third-order valence-corrected chi connectivity index (χ3v) is 3.80. The predicted molar refractivity (Wildman–Crippen MR) is 95.2 cm³/mol. The third kappa shape index (κ3) is 4.36. The van der Waals surface area contributed by atoms with Crippen molar-refractivity contribution in [3.63, 3.8) is 0 Å². The summed E-state index contributed by atoms with van der Waals surface area (Å²) in [6.45, 7) is 0.963. The lowest BCUT2D eigenvalue weighted by molar-refractivity contribution is -0.121. The Labute approximate surface area is 146 Å². The summed E-state index contributed by atoms with van der Waals surface area (Å²) in [5, 5.41) is 11.6. The number of benzene rings is 2. The number of para-hydroxylation sites is 3. The van der Waals surface area contributed by atoms with E-state index in [1.54, 1.807) is 0 Å². The van der Waals surface area contributed by atoms with E-state index < -0.39 is 0 Å². The molecule has 3 aromatic rings. The largest absolute Gasteiger partial charge is 0.486 e. The Hall–Kier alpha value is -2.86. The van der Waals surface area contributed by atoms with Crippen LogP contribution < -0.4 is 10.1 Å². The molecule has 0 saturated carbocycles. The molecule has 0 spiro atoms. The predicted octanol–water partition coefficient (Wildman–Crippen LogP) is 2.11. The second-order valence-corrected chi connectivity index (χ2v) is 5.63. The molecule has 2 N–H and O–H groups in total. The minimum absolute atomic E-state index is 0.0600. The molecule has 0 fully saturated rings. The molecular formula is C19H21N3O3. The van der Waals surface area contributed by atoms with Gasteiger partial charge in [-0.2, -0.15) is 0 Å². The van der Waals surface area contributed by atoms with Crippen molar-refractivity contribution in [2.75, 3.05) is 13.2 Å². The van der Waals surface area contributed by atoms with Gasteiger partial charge < -0.3 is 19.7 Å². The van der Waals surface area contributed by atoms with Crippen molar-refractivity contribution in [1.82, 2.24) is 14.9 Å². The summed E-state index contributed by atoms with van der Waals surface area (Å²) < 4.78 is 7.66. The summed E-state index contributed by atoms with van der Waals surface area (Å²) >= 11 is 0. The minimum atomic E-state index is -0.113. The van der Waals surface area contributed by atoms with Crippen LogP contribution in [0, 0.1) is 0 Å². The quantitative estimate of drug-likeness (QED) is 0.616. The number of carbonyl (C=O) groups excluding carboxylic acids is 1. The fourth-order valence-electron chi connectivity index (χ4n) is 2.58. The first kappa shape index (κ1) is 17.0. The number of amides is 1. The molecule has 1 amide bonds. The van der Waals surface area contributed by atoms with Gasteiger partial charge in [-0.15, -0.1) is 0 Å². The van der Waals surface area contributed by atoms with Gasteiger partial charge in [-0.3, -0.25) is 4.79 Å². The normalized spacial score (nSPS) is 10.8. The Kier molecular flexibility index (Phi) is 5.64. The Morgan fingerprint density at radius 2 is 1.88 bits per heavy atom. The number of nitrogens with one attached hydrogen (secondary N) is 1. The van der Waals surface area contributed by atoms with Gasteiger partial charge in [0.15, 0.2) is 0 Å². The van der Waals surface area contributed by atoms with Gasteiger partial charge in [-0.05, 0) is 30.7 Å². The molecule has 0 radical (unpaired) electrons. The van der Waals surface area contributed by atoms with E-state index in [0.717, 1.165) is 16.8 Å². The molecule has 6 nitrogen and oxygen atoms in total. The number of aliphatic hydroxyl groups excluding tert-OH is 1. The molecule has 0 aliphatic heterocycles. The van der Waals surface area contributed by atoms with Crippen LogP contribution in [0.2, 0.25) is 0 Å². The van der Waals surface area contributed by atoms with Crippen molar-refractivity contribution in [2.24, 2.45) is 0 Å². The van der Waals surface area contributed by atoms with E-state index >= 15 is 0 Å². The molecule has 1 heterocycles. The van der Waals surface area contributed by atoms with Crippen LogP contribution in [-0.2, 0) is 17.9 Å². The van der Waals surface area contributed by atoms with E-state index in [9.17, 15) is 4.79 Å². The zero-order chi connectivity index (χ0) is 17.5. The molecule has 0 unspecified atom stereocenters. The standard InChI is InChI=1S/C19H21N3O3/c23-12-6-11-20-19(24)13-22-17-10-5-4-9-16(17)21-18(22)14-25-15-7-2-1-3-8-15/h1-5,7-10,23H,6,11-14H2,(H,20,24). The van der Waals surface area contributed by atoms with Gasteiger partial charge in [-0.25, -0.2) is 4.98 Å². The molecule has 1 aromatic heterocycles. The van der Waals surface area contributed by atoms with Crippen LogP contribution in [0.4, 0.5) is 0 Å². The number of aliphatic hydroxyl groups is 1. The van der Waals surface area contributed by atoms with Crippen LogP contribution in [0.5, 0.6) is 5.75 Å². The number of hydrogen-bond acceptors (Lipinski definition) is 4. The van der Waals surface area contributed by atoms with Crippen molar-refractivity contribution < 1.29 is 14.6 Å². The van der Waals surface area contributed by atoms with Crippen molar-refractivity contribution in [1.29, 1.82) is 0 Å². The zero-order valence-electron chi connectivity index (χ0n) is 13.9. The van der Waals surface area contributed by atoms with Gasteiger partial charge in [0.25, 0.3) is 0 Å². The van der Waals surface area contributed by atoms with Gasteiger partial charge in [0.05, 0.1) is 11.0 Å². The molecule has 6 heteroatoms. The molecular weight excluding hydrogens is 318 g/mol. The van der Waals surface area contributed by atoms with E-state index in [1.165, 1.54) is 0 Å². The first-order chi connectivity index (χ1) is 12.3. The first-order valence-electron chi connectivity index (χ1n) is 8.27. The van der Waals surface area contributed by atoms with Crippen molar-refractivity contribution >= 4 is 16.9 Å². The number of carbonyl (C=O) groups is 1. The molecule has 0 aliphatic carbocycles. The lowest BCUT2D eigenvalue weighted by atomic mass is 10.3. The maximum atomic E-state index is 12.2. The van der Waals surface area contributed by atoms with Gasteiger partial charge in [0.1, 0.15) is 24.7 Å². The summed E-state index contributed by atoms with van der Waals surface area (Å²) in [5.41, 5.74) is 1.73. The highest BCUT2D eigenvalue weighted by Gasteiger charge is 2.14. The Balaban J connectivity index is 1.78. The summed E-state index contributed by atoms with van der Waals surface area (Å²) in [6, 6.07) is 17.2. The van der Waals surface area contributed by atoms with Crippen molar-refractivity contribution in [3.05, 3.63) is 60.4 Å². The molecule has 0 saturated heterocycles. The number of imidazole rings is 1. The molecule has 3 rings (SSSR count). The van der Waals surface area contributed by atoms with Crippen molar-refractivity contribution in [2.45, 2.75) is 19.6 Å². The maximum Gasteiger partial charge on any atom is 0.240 e. The van der Waals surface area contributed by atoms with Gasteiger partial charge in [0, 0.05) is 13.2 Å². The van der Waals surface area contributed by atoms with Crippen LogP contribution in [-0.4, -0.2) is 33.7 Å². The smallest absolute Gasteiger partial charge is 0.240 e.